The van der Waals surface area contributed by atoms with Gasteiger partial charge in [-0.15, -0.1) is 0 Å². The Morgan fingerprint density at radius 1 is 1.23 bits per heavy atom. The highest BCUT2D eigenvalue weighted by molar-refractivity contribution is 5.07. The lowest BCUT2D eigenvalue weighted by atomic mass is 9.89. The minimum atomic E-state index is 0.639. The summed E-state index contributed by atoms with van der Waals surface area (Å²) in [5.41, 5.74) is 0. The van der Waals surface area contributed by atoms with Crippen LogP contribution in [0.4, 0.5) is 0 Å². The quantitative estimate of drug-likeness (QED) is 0.441. The molecule has 0 N–H and O–H groups in total. The molecule has 3 aliphatic rings. The van der Waals surface area contributed by atoms with E-state index in [1.54, 1.807) is 0 Å². The Bertz CT molecular complexity index is 222. The summed E-state index contributed by atoms with van der Waals surface area (Å²) in [5.74, 6) is 0.934. The van der Waals surface area contributed by atoms with Gasteiger partial charge in [0.25, 0.3) is 0 Å². The summed E-state index contributed by atoms with van der Waals surface area (Å²) in [6.45, 7) is 6.03. The third kappa shape index (κ3) is 0.861. The van der Waals surface area contributed by atoms with Gasteiger partial charge in [-0.1, -0.05) is 6.92 Å². The highest BCUT2D eigenvalue weighted by Crippen LogP contribution is 2.53. The zero-order chi connectivity index (χ0) is 9.22. The number of hydrogen-bond acceptors (Lipinski definition) is 1. The van der Waals surface area contributed by atoms with Gasteiger partial charge in [0.15, 0.2) is 0 Å². The topological polar surface area (TPSA) is 12.5 Å². The lowest BCUT2D eigenvalue weighted by Gasteiger charge is -2.47. The third-order valence-electron chi connectivity index (χ3n) is 4.80. The van der Waals surface area contributed by atoms with Crippen molar-refractivity contribution in [1.29, 1.82) is 0 Å². The molecule has 3 heterocycles. The molecule has 0 spiro atoms. The first kappa shape index (κ1) is 8.25. The van der Waals surface area contributed by atoms with E-state index in [0.29, 0.717) is 12.2 Å². The van der Waals surface area contributed by atoms with E-state index < -0.39 is 0 Å². The molecule has 0 aromatic rings. The molecule has 2 heteroatoms. The van der Waals surface area contributed by atoms with Crippen molar-refractivity contribution in [2.75, 3.05) is 13.6 Å². The van der Waals surface area contributed by atoms with Gasteiger partial charge in [0.05, 0.1) is 13.6 Å². The van der Waals surface area contributed by atoms with Crippen LogP contribution in [0.25, 0.3) is 0 Å². The van der Waals surface area contributed by atoms with Crippen LogP contribution in [-0.2, 0) is 4.74 Å². The minimum Gasteiger partial charge on any atom is -0.357 e. The molecule has 13 heavy (non-hydrogen) atoms. The van der Waals surface area contributed by atoms with Gasteiger partial charge in [-0.05, 0) is 12.8 Å². The van der Waals surface area contributed by atoms with Crippen molar-refractivity contribution in [2.45, 2.75) is 51.0 Å². The summed E-state index contributed by atoms with van der Waals surface area (Å²) in [7, 11) is 2.44. The third-order valence-corrected chi connectivity index (χ3v) is 4.80. The smallest absolute Gasteiger partial charge is 0.142 e. The molecule has 0 aliphatic carbocycles. The summed E-state index contributed by atoms with van der Waals surface area (Å²) in [6, 6.07) is 1.65. The number of fused-ring (bicyclic) bond motifs is 5. The Labute approximate surface area is 80.5 Å². The Kier molecular flexibility index (Phi) is 1.45. The first-order valence-corrected chi connectivity index (χ1v) is 5.67. The van der Waals surface area contributed by atoms with Crippen molar-refractivity contribution < 1.29 is 9.22 Å². The molecule has 3 saturated heterocycles. The predicted molar refractivity (Wildman–Crippen MR) is 51.4 cm³/mol. The zero-order valence-corrected chi connectivity index (χ0v) is 8.86. The maximum atomic E-state index is 5.75. The summed E-state index contributed by atoms with van der Waals surface area (Å²) in [4.78, 5) is 0. The van der Waals surface area contributed by atoms with E-state index in [0.717, 1.165) is 18.0 Å². The maximum Gasteiger partial charge on any atom is 0.142 e. The van der Waals surface area contributed by atoms with Crippen LogP contribution in [0.3, 0.4) is 0 Å². The van der Waals surface area contributed by atoms with Crippen LogP contribution >= 0.6 is 0 Å². The normalized spacial score (nSPS) is 63.5. The molecule has 3 rings (SSSR count). The fraction of sp³-hybridized carbons (Fsp3) is 1.00. The molecule has 0 amide bonds. The largest absolute Gasteiger partial charge is 0.357 e. The van der Waals surface area contributed by atoms with E-state index in [9.17, 15) is 0 Å². The van der Waals surface area contributed by atoms with Crippen LogP contribution in [-0.4, -0.2) is 42.4 Å². The van der Waals surface area contributed by atoms with E-state index in [1.165, 1.54) is 23.9 Å². The van der Waals surface area contributed by atoms with Crippen molar-refractivity contribution in [2.24, 2.45) is 5.92 Å². The van der Waals surface area contributed by atoms with E-state index >= 15 is 0 Å². The van der Waals surface area contributed by atoms with Gasteiger partial charge < -0.3 is 9.22 Å². The van der Waals surface area contributed by atoms with E-state index in [-0.39, 0.29) is 0 Å². The lowest BCUT2D eigenvalue weighted by Crippen LogP contribution is -2.60. The number of nitrogens with zero attached hydrogens (tertiary/aromatic N) is 1. The molecule has 0 aromatic heterocycles. The molecule has 2 bridgehead atoms. The lowest BCUT2D eigenvalue weighted by molar-refractivity contribution is -0.954. The maximum absolute atomic E-state index is 5.75. The van der Waals surface area contributed by atoms with Crippen LogP contribution in [0, 0.1) is 5.92 Å². The highest BCUT2D eigenvalue weighted by atomic mass is 16.6. The fourth-order valence-electron chi connectivity index (χ4n) is 3.81. The molecule has 4 atom stereocenters. The molecule has 3 fully saturated rings. The Hall–Kier alpha value is -0.0800. The summed E-state index contributed by atoms with van der Waals surface area (Å²) >= 11 is 0. The molecular weight excluding hydrogens is 162 g/mol. The average Bonchev–Trinajstić information content (AvgIpc) is 2.83. The van der Waals surface area contributed by atoms with E-state index in [2.05, 4.69) is 20.9 Å². The first-order chi connectivity index (χ1) is 6.16. The number of quaternary nitrogens is 1. The number of hydrogen-bond donors (Lipinski definition) is 0. The second kappa shape index (κ2) is 2.29. The number of piperidine rings is 1. The Balaban J connectivity index is 1.94. The second-order valence-electron chi connectivity index (χ2n) is 5.44. The van der Waals surface area contributed by atoms with Crippen molar-refractivity contribution in [3.8, 4) is 0 Å². The number of likely N-dealkylation sites (N-methyl/N-ethyl adjacent to an activating group) is 1. The number of ether oxygens (including phenoxy) is 1. The van der Waals surface area contributed by atoms with Crippen molar-refractivity contribution >= 4 is 0 Å². The molecular formula is C11H20NO+. The van der Waals surface area contributed by atoms with Crippen LogP contribution in [0.1, 0.15) is 26.7 Å². The fourth-order valence-corrected chi connectivity index (χ4v) is 3.81. The van der Waals surface area contributed by atoms with Crippen molar-refractivity contribution in [3.63, 3.8) is 0 Å². The summed E-state index contributed by atoms with van der Waals surface area (Å²) < 4.78 is 7.06. The van der Waals surface area contributed by atoms with Gasteiger partial charge in [0, 0.05) is 12.8 Å². The predicted octanol–water partition coefficient (Wildman–Crippen LogP) is 1.40. The summed E-state index contributed by atoms with van der Waals surface area (Å²) in [6.07, 6.45) is 4.06. The van der Waals surface area contributed by atoms with E-state index in [1.807, 2.05) is 0 Å². The van der Waals surface area contributed by atoms with Crippen LogP contribution in [0.15, 0.2) is 0 Å². The van der Waals surface area contributed by atoms with Gasteiger partial charge >= 0.3 is 0 Å². The molecule has 3 aliphatic heterocycles. The monoisotopic (exact) mass is 182 g/mol. The van der Waals surface area contributed by atoms with Crippen LogP contribution in [0.5, 0.6) is 0 Å². The summed E-state index contributed by atoms with van der Waals surface area (Å²) in [5, 5.41) is 0. The standard InChI is InChI=1S/C11H20NO/c1-4-12(3)8-5-7(2)6-9(12)11-10(8)13-11/h7-11H,4-6H2,1-3H3/q+1. The van der Waals surface area contributed by atoms with E-state index in [4.69, 9.17) is 4.74 Å². The highest BCUT2D eigenvalue weighted by Gasteiger charge is 2.70. The van der Waals surface area contributed by atoms with Gasteiger partial charge in [0.2, 0.25) is 0 Å². The Morgan fingerprint density at radius 3 is 2.23 bits per heavy atom. The van der Waals surface area contributed by atoms with Gasteiger partial charge in [-0.3, -0.25) is 0 Å². The molecule has 74 valence electrons. The number of epoxide rings is 1. The van der Waals surface area contributed by atoms with Crippen LogP contribution < -0.4 is 0 Å². The zero-order valence-electron chi connectivity index (χ0n) is 8.86. The molecule has 0 aromatic carbocycles. The van der Waals surface area contributed by atoms with Gasteiger partial charge in [-0.2, -0.15) is 0 Å². The van der Waals surface area contributed by atoms with Crippen LogP contribution in [0.2, 0.25) is 0 Å². The number of rotatable bonds is 1. The Morgan fingerprint density at radius 2 is 1.77 bits per heavy atom. The molecule has 0 radical (unpaired) electrons. The van der Waals surface area contributed by atoms with Crippen molar-refractivity contribution in [1.82, 2.24) is 0 Å². The van der Waals surface area contributed by atoms with Gasteiger partial charge in [0.1, 0.15) is 24.3 Å². The SMILES string of the molecule is CC[N+]1(C)C2CC(C)CC1C1OC12. The minimum absolute atomic E-state index is 0.639. The van der Waals surface area contributed by atoms with Crippen molar-refractivity contribution in [3.05, 3.63) is 0 Å². The molecule has 0 saturated carbocycles. The van der Waals surface area contributed by atoms with Gasteiger partial charge in [-0.25, -0.2) is 0 Å². The second-order valence-corrected chi connectivity index (χ2v) is 5.44. The molecule has 2 nitrogen and oxygen atoms in total. The number of morpholine rings is 1. The first-order valence-electron chi connectivity index (χ1n) is 5.67. The molecule has 4 unspecified atom stereocenters. The average molecular weight is 182 g/mol.